The molecule has 6 nitrogen and oxygen atoms in total. The Labute approximate surface area is 112 Å². The number of carboxylic acid groups (broad SMARTS) is 1. The van der Waals surface area contributed by atoms with E-state index in [0.717, 1.165) is 6.42 Å². The number of nitrogens with two attached hydrogens (primary N) is 1. The lowest BCUT2D eigenvalue weighted by Crippen LogP contribution is -2.52. The van der Waals surface area contributed by atoms with E-state index in [1.807, 2.05) is 20.8 Å². The van der Waals surface area contributed by atoms with E-state index in [2.05, 4.69) is 0 Å². The predicted molar refractivity (Wildman–Crippen MR) is 68.4 cm³/mol. The van der Waals surface area contributed by atoms with Crippen molar-refractivity contribution < 1.29 is 19.4 Å². The lowest BCUT2D eigenvalue weighted by Gasteiger charge is -2.28. The molecule has 3 N–H and O–H groups in total. The number of fused-ring (bicyclic) bond motifs is 1. The Hall–Kier alpha value is -1.14. The standard InChI is InChI=1S/C13H22N2O4/c1-13(2,3)19-6-9(14)11(16)15-5-7-4-8(7)10(15)12(17)18/h7-10H,4-6,14H2,1-3H3,(H,17,18)/t7-,8-,9+,10-/m0/s1. The Balaban J connectivity index is 1.94. The molecule has 2 rings (SSSR count). The highest BCUT2D eigenvalue weighted by Gasteiger charge is 2.57. The van der Waals surface area contributed by atoms with E-state index in [9.17, 15) is 14.7 Å². The van der Waals surface area contributed by atoms with Crippen molar-refractivity contribution in [3.63, 3.8) is 0 Å². The van der Waals surface area contributed by atoms with E-state index in [0.29, 0.717) is 12.5 Å². The van der Waals surface area contributed by atoms with Gasteiger partial charge in [-0.1, -0.05) is 0 Å². The Morgan fingerprint density at radius 1 is 1.47 bits per heavy atom. The molecule has 0 aromatic heterocycles. The van der Waals surface area contributed by atoms with Crippen LogP contribution in [-0.2, 0) is 14.3 Å². The van der Waals surface area contributed by atoms with E-state index >= 15 is 0 Å². The zero-order chi connectivity index (χ0) is 14.4. The molecule has 1 amide bonds. The topological polar surface area (TPSA) is 92.9 Å². The van der Waals surface area contributed by atoms with Crippen molar-refractivity contribution in [2.75, 3.05) is 13.2 Å². The van der Waals surface area contributed by atoms with Crippen LogP contribution in [0, 0.1) is 11.8 Å². The number of amides is 1. The fraction of sp³-hybridized carbons (Fsp3) is 0.846. The lowest BCUT2D eigenvalue weighted by atomic mass is 10.1. The quantitative estimate of drug-likeness (QED) is 0.753. The van der Waals surface area contributed by atoms with Crippen LogP contribution in [0.25, 0.3) is 0 Å². The van der Waals surface area contributed by atoms with Gasteiger partial charge in [0.25, 0.3) is 0 Å². The Kier molecular flexibility index (Phi) is 3.57. The van der Waals surface area contributed by atoms with Crippen molar-refractivity contribution >= 4 is 11.9 Å². The summed E-state index contributed by atoms with van der Waals surface area (Å²) < 4.78 is 5.49. The molecule has 0 bridgehead atoms. The largest absolute Gasteiger partial charge is 0.480 e. The molecular formula is C13H22N2O4. The van der Waals surface area contributed by atoms with Gasteiger partial charge in [0.2, 0.25) is 5.91 Å². The summed E-state index contributed by atoms with van der Waals surface area (Å²) in [7, 11) is 0. The third kappa shape index (κ3) is 3.06. The van der Waals surface area contributed by atoms with Gasteiger partial charge in [0.05, 0.1) is 12.2 Å². The van der Waals surface area contributed by atoms with E-state index in [1.165, 1.54) is 4.90 Å². The number of rotatable bonds is 4. The minimum absolute atomic E-state index is 0.112. The fourth-order valence-corrected chi connectivity index (χ4v) is 2.63. The van der Waals surface area contributed by atoms with Gasteiger partial charge in [0.1, 0.15) is 12.1 Å². The molecule has 4 atom stereocenters. The van der Waals surface area contributed by atoms with Crippen molar-refractivity contribution in [3.8, 4) is 0 Å². The van der Waals surface area contributed by atoms with Crippen LogP contribution in [0.15, 0.2) is 0 Å². The number of piperidine rings is 1. The molecule has 1 saturated carbocycles. The molecule has 6 heteroatoms. The van der Waals surface area contributed by atoms with Gasteiger partial charge < -0.3 is 20.5 Å². The zero-order valence-corrected chi connectivity index (χ0v) is 11.6. The van der Waals surface area contributed by atoms with Crippen molar-refractivity contribution in [3.05, 3.63) is 0 Å². The molecular weight excluding hydrogens is 248 g/mol. The number of carbonyl (C=O) groups is 2. The Morgan fingerprint density at radius 2 is 2.11 bits per heavy atom. The maximum absolute atomic E-state index is 12.2. The van der Waals surface area contributed by atoms with Gasteiger partial charge in [-0.25, -0.2) is 4.79 Å². The highest BCUT2D eigenvalue weighted by molar-refractivity contribution is 5.88. The molecule has 0 unspecified atom stereocenters. The molecule has 108 valence electrons. The first-order chi connectivity index (χ1) is 8.70. The highest BCUT2D eigenvalue weighted by atomic mass is 16.5. The molecule has 19 heavy (non-hydrogen) atoms. The molecule has 0 aromatic carbocycles. The minimum atomic E-state index is -0.928. The second-order valence-corrected chi connectivity index (χ2v) is 6.46. The normalized spacial score (nSPS) is 30.9. The number of aliphatic carboxylic acids is 1. The summed E-state index contributed by atoms with van der Waals surface area (Å²) in [4.78, 5) is 24.8. The van der Waals surface area contributed by atoms with Crippen molar-refractivity contribution in [2.45, 2.75) is 44.9 Å². The van der Waals surface area contributed by atoms with Crippen molar-refractivity contribution in [2.24, 2.45) is 17.6 Å². The molecule has 2 fully saturated rings. The molecule has 0 spiro atoms. The van der Waals surface area contributed by atoms with Crippen LogP contribution in [0.5, 0.6) is 0 Å². The maximum Gasteiger partial charge on any atom is 0.326 e. The smallest absolute Gasteiger partial charge is 0.326 e. The second kappa shape index (κ2) is 4.76. The van der Waals surface area contributed by atoms with Crippen LogP contribution in [-0.4, -0.2) is 52.7 Å². The van der Waals surface area contributed by atoms with Crippen LogP contribution >= 0.6 is 0 Å². The van der Waals surface area contributed by atoms with Gasteiger partial charge in [0, 0.05) is 6.54 Å². The molecule has 0 aromatic rings. The molecule has 1 aliphatic heterocycles. The van der Waals surface area contributed by atoms with Gasteiger partial charge in [-0.2, -0.15) is 0 Å². The number of likely N-dealkylation sites (tertiary alicyclic amines) is 1. The summed E-state index contributed by atoms with van der Waals surface area (Å²) in [6.45, 7) is 6.28. The molecule has 1 aliphatic carbocycles. The van der Waals surface area contributed by atoms with Gasteiger partial charge in [-0.05, 0) is 39.0 Å². The number of ether oxygens (including phenoxy) is 1. The Morgan fingerprint density at radius 3 is 2.63 bits per heavy atom. The number of carboxylic acids is 1. The summed E-state index contributed by atoms with van der Waals surface area (Å²) in [6.07, 6.45) is 0.911. The summed E-state index contributed by atoms with van der Waals surface area (Å²) in [5.41, 5.74) is 5.45. The maximum atomic E-state index is 12.2. The number of nitrogens with zero attached hydrogens (tertiary/aromatic N) is 1. The van der Waals surface area contributed by atoms with Gasteiger partial charge in [0.15, 0.2) is 0 Å². The summed E-state index contributed by atoms with van der Waals surface area (Å²) in [5.74, 6) is -0.774. The van der Waals surface area contributed by atoms with Crippen LogP contribution in [0.2, 0.25) is 0 Å². The highest BCUT2D eigenvalue weighted by Crippen LogP contribution is 2.49. The van der Waals surface area contributed by atoms with E-state index < -0.39 is 18.1 Å². The zero-order valence-electron chi connectivity index (χ0n) is 11.6. The van der Waals surface area contributed by atoms with Gasteiger partial charge in [-0.3, -0.25) is 4.79 Å². The van der Waals surface area contributed by atoms with Gasteiger partial charge >= 0.3 is 5.97 Å². The predicted octanol–water partition coefficient (Wildman–Crippen LogP) is 0.0603. The van der Waals surface area contributed by atoms with Crippen LogP contribution in [0.1, 0.15) is 27.2 Å². The average molecular weight is 270 g/mol. The summed E-state index contributed by atoms with van der Waals surface area (Å²) >= 11 is 0. The third-order valence-electron chi connectivity index (χ3n) is 3.70. The first kappa shape index (κ1) is 14.3. The van der Waals surface area contributed by atoms with Crippen molar-refractivity contribution in [1.82, 2.24) is 4.90 Å². The van der Waals surface area contributed by atoms with E-state index in [1.54, 1.807) is 0 Å². The van der Waals surface area contributed by atoms with Crippen LogP contribution < -0.4 is 5.73 Å². The SMILES string of the molecule is CC(C)(C)OC[C@@H](N)C(=O)N1C[C@@H]2C[C@@H]2[C@H]1C(=O)O. The number of hydrogen-bond donors (Lipinski definition) is 2. The second-order valence-electron chi connectivity index (χ2n) is 6.46. The van der Waals surface area contributed by atoms with E-state index in [-0.39, 0.29) is 24.0 Å². The van der Waals surface area contributed by atoms with Crippen LogP contribution in [0.3, 0.4) is 0 Å². The number of hydrogen-bond acceptors (Lipinski definition) is 4. The molecule has 0 radical (unpaired) electrons. The number of carbonyl (C=O) groups excluding carboxylic acids is 1. The van der Waals surface area contributed by atoms with Gasteiger partial charge in [-0.15, -0.1) is 0 Å². The third-order valence-corrected chi connectivity index (χ3v) is 3.70. The monoisotopic (exact) mass is 270 g/mol. The van der Waals surface area contributed by atoms with Crippen LogP contribution in [0.4, 0.5) is 0 Å². The lowest BCUT2D eigenvalue weighted by molar-refractivity contribution is -0.151. The Bertz CT molecular complexity index is 391. The fourth-order valence-electron chi connectivity index (χ4n) is 2.63. The molecule has 1 saturated heterocycles. The average Bonchev–Trinajstić information content (AvgIpc) is 2.94. The van der Waals surface area contributed by atoms with E-state index in [4.69, 9.17) is 10.5 Å². The minimum Gasteiger partial charge on any atom is -0.480 e. The molecule has 2 aliphatic rings. The first-order valence-electron chi connectivity index (χ1n) is 6.63. The molecule has 1 heterocycles. The summed E-state index contributed by atoms with van der Waals surface area (Å²) in [6, 6.07) is -1.49. The summed E-state index contributed by atoms with van der Waals surface area (Å²) in [5, 5.41) is 9.20. The van der Waals surface area contributed by atoms with Crippen molar-refractivity contribution in [1.29, 1.82) is 0 Å². The first-order valence-corrected chi connectivity index (χ1v) is 6.63.